The van der Waals surface area contributed by atoms with E-state index in [9.17, 15) is 10.0 Å². The van der Waals surface area contributed by atoms with Gasteiger partial charge in [-0.3, -0.25) is 4.79 Å². The highest BCUT2D eigenvalue weighted by Gasteiger charge is 2.75. The smallest absolute Gasteiger partial charge is 0.312 e. The van der Waals surface area contributed by atoms with Gasteiger partial charge in [0, 0.05) is 16.7 Å². The molecule has 4 nitrogen and oxygen atoms in total. The molecule has 0 unspecified atom stereocenters. The largest absolute Gasteiger partial charge is 0.461 e. The second-order valence-electron chi connectivity index (χ2n) is 15.4. The van der Waals surface area contributed by atoms with E-state index < -0.39 is 0 Å². The molecule has 34 heavy (non-hydrogen) atoms. The molecular weight excluding hydrogens is 422 g/mol. The van der Waals surface area contributed by atoms with E-state index in [2.05, 4.69) is 53.6 Å². The van der Waals surface area contributed by atoms with Crippen molar-refractivity contribution in [1.82, 2.24) is 0 Å². The number of fused-ring (bicyclic) bond motifs is 5. The Morgan fingerprint density at radius 1 is 0.824 bits per heavy atom. The van der Waals surface area contributed by atoms with Gasteiger partial charge in [0.25, 0.3) is 0 Å². The summed E-state index contributed by atoms with van der Waals surface area (Å²) in [5.41, 5.74) is 1.69. The highest BCUT2D eigenvalue weighted by Crippen LogP contribution is 2.78. The molecule has 5 saturated carbocycles. The summed E-state index contributed by atoms with van der Waals surface area (Å²) in [7, 11) is 0. The van der Waals surface area contributed by atoms with Gasteiger partial charge in [-0.25, -0.2) is 0 Å². The van der Waals surface area contributed by atoms with Crippen LogP contribution in [0, 0.1) is 56.2 Å². The number of carbonyl (C=O) groups excluding carboxylic acids is 1. The minimum absolute atomic E-state index is 0.0375. The topological polar surface area (TPSA) is 58.9 Å². The zero-order chi connectivity index (χ0) is 24.5. The van der Waals surface area contributed by atoms with Crippen molar-refractivity contribution in [2.24, 2.45) is 61.3 Å². The quantitative estimate of drug-likeness (QED) is 0.231. The molecule has 4 heteroatoms. The van der Waals surface area contributed by atoms with Crippen molar-refractivity contribution >= 4 is 11.7 Å². The number of carbonyl (C=O) groups is 1. The van der Waals surface area contributed by atoms with Gasteiger partial charge in [-0.15, -0.1) is 0 Å². The van der Waals surface area contributed by atoms with E-state index in [1.54, 1.807) is 0 Å². The van der Waals surface area contributed by atoms with Gasteiger partial charge < -0.3 is 9.94 Å². The lowest BCUT2D eigenvalue weighted by Gasteiger charge is -2.72. The first-order valence-electron chi connectivity index (χ1n) is 14.2. The fraction of sp³-hybridized carbons (Fsp3) is 0.933. The van der Waals surface area contributed by atoms with Crippen molar-refractivity contribution in [3.05, 3.63) is 0 Å². The molecular formula is C30H47NO3. The Balaban J connectivity index is 1.41. The fourth-order valence-corrected chi connectivity index (χ4v) is 11.8. The third kappa shape index (κ3) is 2.43. The maximum atomic E-state index is 13.4. The van der Waals surface area contributed by atoms with Crippen LogP contribution >= 0.6 is 0 Å². The number of rotatable bonds is 0. The lowest BCUT2D eigenvalue weighted by Crippen LogP contribution is -2.67. The Morgan fingerprint density at radius 3 is 2.24 bits per heavy atom. The Hall–Kier alpha value is -1.06. The van der Waals surface area contributed by atoms with Crippen LogP contribution in [0.4, 0.5) is 0 Å². The van der Waals surface area contributed by atoms with E-state index in [0.29, 0.717) is 23.7 Å². The summed E-state index contributed by atoms with van der Waals surface area (Å²) in [6.07, 6.45) is 11.5. The van der Waals surface area contributed by atoms with Crippen LogP contribution in [0.15, 0.2) is 5.16 Å². The Kier molecular flexibility index (Phi) is 4.55. The molecule has 2 bridgehead atoms. The lowest BCUT2D eigenvalue weighted by molar-refractivity contribution is -0.235. The minimum Gasteiger partial charge on any atom is -0.461 e. The maximum absolute atomic E-state index is 13.4. The molecule has 190 valence electrons. The normalized spacial score (nSPS) is 56.0. The van der Waals surface area contributed by atoms with E-state index in [4.69, 9.17) is 4.74 Å². The fourth-order valence-electron chi connectivity index (χ4n) is 11.8. The first kappa shape index (κ1) is 23.3. The van der Waals surface area contributed by atoms with Crippen LogP contribution in [0.1, 0.15) is 113 Å². The molecule has 0 aromatic rings. The van der Waals surface area contributed by atoms with Gasteiger partial charge in [0.05, 0.1) is 11.1 Å². The molecule has 0 aromatic carbocycles. The first-order chi connectivity index (χ1) is 15.8. The van der Waals surface area contributed by atoms with Gasteiger partial charge in [0.2, 0.25) is 0 Å². The van der Waals surface area contributed by atoms with Crippen LogP contribution in [0.3, 0.4) is 0 Å². The highest BCUT2D eigenvalue weighted by molar-refractivity contribution is 5.90. The lowest BCUT2D eigenvalue weighted by atomic mass is 9.31. The molecule has 0 radical (unpaired) electrons. The van der Waals surface area contributed by atoms with Crippen molar-refractivity contribution in [2.45, 2.75) is 119 Å². The summed E-state index contributed by atoms with van der Waals surface area (Å²) in [4.78, 5) is 13.4. The summed E-state index contributed by atoms with van der Waals surface area (Å²) in [6, 6.07) is 0. The second kappa shape index (κ2) is 6.62. The molecule has 6 aliphatic rings. The number of ether oxygens (including phenoxy) is 1. The number of oxime groups is 1. The average Bonchev–Trinajstić information content (AvgIpc) is 3.01. The summed E-state index contributed by atoms with van der Waals surface area (Å²) in [5.74, 6) is 2.40. The standard InChI is InChI=1S/C30H47NO3/c1-25(2)14-16-30-17-15-28(6)18(22(30)23(25)34-24(30)32)8-9-20-27(5)12-11-21(31-33)26(3,4)19(27)10-13-29(20,28)7/h18-20,22-23,33H,8-17H2,1-7H3/b31-21-/t18-,19+,20+,22-,23+,27-,28+,29+,30+/m0/s1. The van der Waals surface area contributed by atoms with Crippen LogP contribution in [-0.2, 0) is 9.53 Å². The monoisotopic (exact) mass is 469 g/mol. The van der Waals surface area contributed by atoms with Gasteiger partial charge in [0.15, 0.2) is 0 Å². The van der Waals surface area contributed by atoms with Crippen molar-refractivity contribution in [2.75, 3.05) is 0 Å². The van der Waals surface area contributed by atoms with E-state index >= 15 is 0 Å². The summed E-state index contributed by atoms with van der Waals surface area (Å²) >= 11 is 0. The maximum Gasteiger partial charge on any atom is 0.312 e. The van der Waals surface area contributed by atoms with Crippen molar-refractivity contribution < 1.29 is 14.7 Å². The Labute approximate surface area is 206 Å². The molecule has 1 N–H and O–H groups in total. The Bertz CT molecular complexity index is 953. The average molecular weight is 470 g/mol. The molecule has 6 fully saturated rings. The van der Waals surface area contributed by atoms with Crippen molar-refractivity contribution in [3.63, 3.8) is 0 Å². The van der Waals surface area contributed by atoms with Crippen molar-refractivity contribution in [3.8, 4) is 0 Å². The van der Waals surface area contributed by atoms with Crippen LogP contribution in [0.2, 0.25) is 0 Å². The van der Waals surface area contributed by atoms with Gasteiger partial charge >= 0.3 is 5.97 Å². The molecule has 5 aliphatic carbocycles. The molecule has 9 atom stereocenters. The molecule has 1 heterocycles. The second-order valence-corrected chi connectivity index (χ2v) is 15.4. The molecule has 0 aromatic heterocycles. The highest BCUT2D eigenvalue weighted by atomic mass is 16.6. The van der Waals surface area contributed by atoms with Crippen LogP contribution in [0.25, 0.3) is 0 Å². The molecule has 1 aliphatic heterocycles. The molecule has 6 rings (SSSR count). The van der Waals surface area contributed by atoms with E-state index in [1.165, 1.54) is 32.1 Å². The summed E-state index contributed by atoms with van der Waals surface area (Å²) < 4.78 is 6.28. The number of hydrogen-bond donors (Lipinski definition) is 1. The van der Waals surface area contributed by atoms with E-state index in [-0.39, 0.29) is 44.6 Å². The predicted octanol–water partition coefficient (Wildman–Crippen LogP) is 7.23. The third-order valence-corrected chi connectivity index (χ3v) is 14.0. The third-order valence-electron chi connectivity index (χ3n) is 14.0. The summed E-state index contributed by atoms with van der Waals surface area (Å²) in [5, 5.41) is 13.5. The number of nitrogens with zero attached hydrogens (tertiary/aromatic N) is 1. The van der Waals surface area contributed by atoms with Gasteiger partial charge in [-0.2, -0.15) is 0 Å². The Morgan fingerprint density at radius 2 is 1.53 bits per heavy atom. The van der Waals surface area contributed by atoms with Crippen LogP contribution in [-0.4, -0.2) is 23.0 Å². The van der Waals surface area contributed by atoms with Crippen LogP contribution in [0.5, 0.6) is 0 Å². The number of esters is 1. The van der Waals surface area contributed by atoms with Crippen LogP contribution < -0.4 is 0 Å². The SMILES string of the molecule is CC1(C)CC[C@@]23CC[C@]4(C)[C@@H](CC[C@@H]5[C@@]6(C)CC/C(=N/O)C(C)(C)[C@H]6CC[C@]54C)[C@H]2[C@H]1OC3=O. The summed E-state index contributed by atoms with van der Waals surface area (Å²) in [6.45, 7) is 17.2. The first-order valence-corrected chi connectivity index (χ1v) is 14.2. The van der Waals surface area contributed by atoms with Crippen molar-refractivity contribution in [1.29, 1.82) is 0 Å². The zero-order valence-electron chi connectivity index (χ0n) is 22.7. The van der Waals surface area contributed by atoms with Gasteiger partial charge in [-0.1, -0.05) is 53.6 Å². The van der Waals surface area contributed by atoms with E-state index in [0.717, 1.165) is 37.8 Å². The molecule has 0 amide bonds. The van der Waals surface area contributed by atoms with Gasteiger partial charge in [-0.05, 0) is 98.2 Å². The van der Waals surface area contributed by atoms with Gasteiger partial charge in [0.1, 0.15) is 6.10 Å². The molecule has 1 saturated heterocycles. The zero-order valence-corrected chi connectivity index (χ0v) is 22.7. The minimum atomic E-state index is -0.200. The number of hydrogen-bond acceptors (Lipinski definition) is 4. The van der Waals surface area contributed by atoms with E-state index in [1.807, 2.05) is 0 Å². The predicted molar refractivity (Wildman–Crippen MR) is 134 cm³/mol. The molecule has 0 spiro atoms.